The average Bonchev–Trinajstić information content (AvgIpc) is 2.85. The summed E-state index contributed by atoms with van der Waals surface area (Å²) < 4.78 is 5.99. The summed E-state index contributed by atoms with van der Waals surface area (Å²) in [5, 5.41) is 14.6. The fraction of sp³-hybridized carbons (Fsp3) is 0.444. The highest BCUT2D eigenvalue weighted by Crippen LogP contribution is 2.33. The molecule has 0 aliphatic rings. The normalized spacial score (nSPS) is 11.4. The molecule has 1 aromatic carbocycles. The van der Waals surface area contributed by atoms with Crippen LogP contribution in [0.3, 0.4) is 0 Å². The van der Waals surface area contributed by atoms with Gasteiger partial charge in [-0.1, -0.05) is 50.3 Å². The van der Waals surface area contributed by atoms with Crippen molar-refractivity contribution in [3.8, 4) is 5.75 Å². The molecule has 1 heterocycles. The van der Waals surface area contributed by atoms with Crippen LogP contribution in [-0.2, 0) is 5.41 Å². The molecule has 0 spiro atoms. The minimum Gasteiger partial charge on any atom is -0.544 e. The van der Waals surface area contributed by atoms with E-state index in [0.717, 1.165) is 22.6 Å². The number of aromatic carboxylic acids is 1. The average molecular weight is 347 g/mol. The van der Waals surface area contributed by atoms with Crippen molar-refractivity contribution in [1.29, 1.82) is 0 Å². The van der Waals surface area contributed by atoms with E-state index in [1.165, 1.54) is 5.56 Å². The maximum Gasteiger partial charge on any atom is 0.183 e. The fourth-order valence-electron chi connectivity index (χ4n) is 2.41. The van der Waals surface area contributed by atoms with E-state index in [-0.39, 0.29) is 10.3 Å². The van der Waals surface area contributed by atoms with Crippen molar-refractivity contribution >= 4 is 22.4 Å². The largest absolute Gasteiger partial charge is 0.544 e. The lowest BCUT2D eigenvalue weighted by atomic mass is 9.85. The lowest BCUT2D eigenvalue weighted by molar-refractivity contribution is -0.254. The van der Waals surface area contributed by atoms with Crippen LogP contribution in [0.15, 0.2) is 18.2 Å². The highest BCUT2D eigenvalue weighted by Gasteiger charge is 2.20. The number of hydrogen-bond acceptors (Lipinski definition) is 6. The van der Waals surface area contributed by atoms with Gasteiger partial charge in [-0.25, -0.2) is 4.98 Å². The Morgan fingerprint density at radius 3 is 2.62 bits per heavy atom. The van der Waals surface area contributed by atoms with Crippen molar-refractivity contribution in [2.75, 3.05) is 18.5 Å². The van der Waals surface area contributed by atoms with E-state index in [1.807, 2.05) is 19.1 Å². The number of rotatable bonds is 6. The Morgan fingerprint density at radius 2 is 2.04 bits per heavy atom. The Hall–Kier alpha value is -2.08. The third-order valence-corrected chi connectivity index (χ3v) is 4.72. The molecule has 130 valence electrons. The Morgan fingerprint density at radius 1 is 1.33 bits per heavy atom. The van der Waals surface area contributed by atoms with Gasteiger partial charge in [-0.15, -0.1) is 0 Å². The zero-order valence-corrected chi connectivity index (χ0v) is 15.5. The molecule has 5 nitrogen and oxygen atoms in total. The fourth-order valence-corrected chi connectivity index (χ4v) is 3.23. The maximum atomic E-state index is 10.9. The van der Waals surface area contributed by atoms with Gasteiger partial charge < -0.3 is 20.0 Å². The summed E-state index contributed by atoms with van der Waals surface area (Å²) >= 11 is 1.08. The number of aromatic nitrogens is 1. The van der Waals surface area contributed by atoms with Crippen LogP contribution in [0, 0.1) is 13.8 Å². The van der Waals surface area contributed by atoms with Crippen molar-refractivity contribution in [2.45, 2.75) is 40.0 Å². The number of carbonyl (C=O) groups is 1. The van der Waals surface area contributed by atoms with Gasteiger partial charge in [0.15, 0.2) is 5.13 Å². The van der Waals surface area contributed by atoms with E-state index in [2.05, 4.69) is 37.1 Å². The molecule has 1 aromatic heterocycles. The van der Waals surface area contributed by atoms with Crippen molar-refractivity contribution in [3.05, 3.63) is 39.9 Å². The zero-order chi connectivity index (χ0) is 17.9. The van der Waals surface area contributed by atoms with E-state index in [4.69, 9.17) is 4.74 Å². The minimum atomic E-state index is -1.19. The Labute approximate surface area is 146 Å². The lowest BCUT2D eigenvalue weighted by Crippen LogP contribution is -2.21. The molecule has 2 aromatic rings. The molecule has 6 heteroatoms. The highest BCUT2D eigenvalue weighted by molar-refractivity contribution is 7.17. The Kier molecular flexibility index (Phi) is 5.49. The zero-order valence-electron chi connectivity index (χ0n) is 14.7. The van der Waals surface area contributed by atoms with E-state index < -0.39 is 5.97 Å². The van der Waals surface area contributed by atoms with Crippen molar-refractivity contribution in [2.24, 2.45) is 0 Å². The third-order valence-electron chi connectivity index (χ3n) is 3.63. The molecule has 0 fully saturated rings. The molecule has 0 aliphatic carbocycles. The molecule has 0 atom stereocenters. The number of aryl methyl sites for hydroxylation is 2. The standard InChI is InChI=1S/C18H24N2O3S/c1-11-7-6-8-13(18(3,4)5)14(11)23-10-9-19-17-20-12(2)15(24-17)16(21)22/h6-8H,9-10H2,1-5H3,(H,19,20)(H,21,22)/p-1. The Bertz CT molecular complexity index is 732. The summed E-state index contributed by atoms with van der Waals surface area (Å²) in [4.78, 5) is 15.3. The molecule has 0 saturated carbocycles. The van der Waals surface area contributed by atoms with Gasteiger partial charge in [-0.2, -0.15) is 0 Å². The maximum absolute atomic E-state index is 10.9. The van der Waals surface area contributed by atoms with E-state index in [9.17, 15) is 9.90 Å². The van der Waals surface area contributed by atoms with Gasteiger partial charge in [-0.05, 0) is 30.4 Å². The SMILES string of the molecule is Cc1cccc(C(C)(C)C)c1OCCNc1nc(C)c(C(=O)[O-])s1. The van der Waals surface area contributed by atoms with Crippen LogP contribution in [0.5, 0.6) is 5.75 Å². The molecule has 0 unspecified atom stereocenters. The second-order valence-corrected chi connectivity index (χ2v) is 7.70. The molecule has 0 amide bonds. The highest BCUT2D eigenvalue weighted by atomic mass is 32.1. The van der Waals surface area contributed by atoms with Crippen LogP contribution in [0.4, 0.5) is 5.13 Å². The van der Waals surface area contributed by atoms with Crippen LogP contribution < -0.4 is 15.2 Å². The number of ether oxygens (including phenoxy) is 1. The first kappa shape index (κ1) is 18.3. The molecule has 0 saturated heterocycles. The quantitative estimate of drug-likeness (QED) is 0.813. The molecular weight excluding hydrogens is 324 g/mol. The molecule has 0 aliphatic heterocycles. The molecule has 24 heavy (non-hydrogen) atoms. The van der Waals surface area contributed by atoms with Gasteiger partial charge in [0.25, 0.3) is 0 Å². The first-order valence-electron chi connectivity index (χ1n) is 7.85. The van der Waals surface area contributed by atoms with Crippen molar-refractivity contribution < 1.29 is 14.6 Å². The van der Waals surface area contributed by atoms with Gasteiger partial charge in [0.05, 0.1) is 23.1 Å². The molecule has 1 N–H and O–H groups in total. The van der Waals surface area contributed by atoms with Gasteiger partial charge in [-0.3, -0.25) is 0 Å². The van der Waals surface area contributed by atoms with Crippen molar-refractivity contribution in [3.63, 3.8) is 0 Å². The third kappa shape index (κ3) is 4.26. The lowest BCUT2D eigenvalue weighted by Gasteiger charge is -2.24. The molecule has 2 rings (SSSR count). The predicted octanol–water partition coefficient (Wildman–Crippen LogP) is 2.91. The van der Waals surface area contributed by atoms with Gasteiger partial charge >= 0.3 is 0 Å². The first-order chi connectivity index (χ1) is 11.2. The Balaban J connectivity index is 1.98. The smallest absolute Gasteiger partial charge is 0.183 e. The summed E-state index contributed by atoms with van der Waals surface area (Å²) in [5.41, 5.74) is 2.75. The topological polar surface area (TPSA) is 74.3 Å². The number of para-hydroxylation sites is 1. The summed E-state index contributed by atoms with van der Waals surface area (Å²) in [6, 6.07) is 6.17. The molecule has 0 bridgehead atoms. The van der Waals surface area contributed by atoms with Crippen LogP contribution in [0.25, 0.3) is 0 Å². The number of carbonyl (C=O) groups excluding carboxylic acids is 1. The van der Waals surface area contributed by atoms with Crippen LogP contribution in [0.2, 0.25) is 0 Å². The second-order valence-electron chi connectivity index (χ2n) is 6.70. The second kappa shape index (κ2) is 7.21. The monoisotopic (exact) mass is 347 g/mol. The summed E-state index contributed by atoms with van der Waals surface area (Å²) in [6.07, 6.45) is 0. The minimum absolute atomic E-state index is 0.00455. The number of benzene rings is 1. The van der Waals surface area contributed by atoms with E-state index >= 15 is 0 Å². The van der Waals surface area contributed by atoms with E-state index in [1.54, 1.807) is 6.92 Å². The molecular formula is C18H23N2O3S-. The summed E-state index contributed by atoms with van der Waals surface area (Å²) in [6.45, 7) is 11.2. The van der Waals surface area contributed by atoms with E-state index in [0.29, 0.717) is 24.0 Å². The van der Waals surface area contributed by atoms with Crippen LogP contribution in [0.1, 0.15) is 47.3 Å². The first-order valence-corrected chi connectivity index (χ1v) is 8.67. The van der Waals surface area contributed by atoms with Crippen molar-refractivity contribution in [1.82, 2.24) is 4.98 Å². The summed E-state index contributed by atoms with van der Waals surface area (Å²) in [7, 11) is 0. The number of carboxylic acid groups (broad SMARTS) is 1. The molecule has 0 radical (unpaired) electrons. The van der Waals surface area contributed by atoms with Crippen LogP contribution in [-0.4, -0.2) is 24.1 Å². The number of anilines is 1. The van der Waals surface area contributed by atoms with Gasteiger partial charge in [0.2, 0.25) is 0 Å². The number of carboxylic acids is 1. The number of nitrogens with one attached hydrogen (secondary N) is 1. The van der Waals surface area contributed by atoms with Gasteiger partial charge in [0.1, 0.15) is 12.4 Å². The number of hydrogen-bond donors (Lipinski definition) is 1. The summed E-state index contributed by atoms with van der Waals surface area (Å²) in [5.74, 6) is -0.276. The van der Waals surface area contributed by atoms with Crippen LogP contribution >= 0.6 is 11.3 Å². The number of thiazole rings is 1. The number of nitrogens with zero attached hydrogens (tertiary/aromatic N) is 1. The predicted molar refractivity (Wildman–Crippen MR) is 95.0 cm³/mol. The van der Waals surface area contributed by atoms with Gasteiger partial charge in [0, 0.05) is 0 Å².